The molecule has 3 rings (SSSR count). The van der Waals surface area contributed by atoms with Gasteiger partial charge in [-0.05, 0) is 31.7 Å². The molecule has 1 aliphatic carbocycles. The second-order valence-corrected chi connectivity index (χ2v) is 7.51. The first-order chi connectivity index (χ1) is 12.2. The molecule has 1 saturated carbocycles. The van der Waals surface area contributed by atoms with E-state index < -0.39 is 0 Å². The number of hydrogen-bond acceptors (Lipinski definition) is 4. The quantitative estimate of drug-likeness (QED) is 0.769. The van der Waals surface area contributed by atoms with E-state index in [9.17, 15) is 4.79 Å². The van der Waals surface area contributed by atoms with Crippen molar-refractivity contribution in [3.8, 4) is 0 Å². The van der Waals surface area contributed by atoms with Crippen molar-refractivity contribution < 1.29 is 4.79 Å². The summed E-state index contributed by atoms with van der Waals surface area (Å²) in [6, 6.07) is 10.7. The smallest absolute Gasteiger partial charge is 0.230 e. The Balaban J connectivity index is 1.47. The molecule has 1 N–H and O–H groups in total. The summed E-state index contributed by atoms with van der Waals surface area (Å²) in [5, 5.41) is 12.4. The van der Waals surface area contributed by atoms with E-state index >= 15 is 0 Å². The SMILES string of the molecule is Cc1nnc(SCC(=O)NCCc2ccccc2)n1C1CCCCC1. The lowest BCUT2D eigenvalue weighted by Gasteiger charge is -2.24. The first kappa shape index (κ1) is 18.0. The number of amides is 1. The molecule has 1 aromatic heterocycles. The number of carbonyl (C=O) groups excluding carboxylic acids is 1. The normalized spacial score (nSPS) is 15.2. The average Bonchev–Trinajstić information content (AvgIpc) is 3.02. The predicted molar refractivity (Wildman–Crippen MR) is 101 cm³/mol. The van der Waals surface area contributed by atoms with Gasteiger partial charge in [-0.2, -0.15) is 0 Å². The summed E-state index contributed by atoms with van der Waals surface area (Å²) in [5.74, 6) is 1.40. The van der Waals surface area contributed by atoms with Crippen LogP contribution in [0.2, 0.25) is 0 Å². The molecule has 0 aliphatic heterocycles. The number of carbonyl (C=O) groups is 1. The highest BCUT2D eigenvalue weighted by Gasteiger charge is 2.21. The van der Waals surface area contributed by atoms with Crippen LogP contribution >= 0.6 is 11.8 Å². The van der Waals surface area contributed by atoms with Crippen molar-refractivity contribution in [3.05, 3.63) is 41.7 Å². The molecular weight excluding hydrogens is 332 g/mol. The number of nitrogens with zero attached hydrogens (tertiary/aromatic N) is 3. The molecule has 0 saturated heterocycles. The minimum Gasteiger partial charge on any atom is -0.355 e. The van der Waals surface area contributed by atoms with Gasteiger partial charge in [-0.3, -0.25) is 4.79 Å². The monoisotopic (exact) mass is 358 g/mol. The largest absolute Gasteiger partial charge is 0.355 e. The highest BCUT2D eigenvalue weighted by molar-refractivity contribution is 7.99. The Hall–Kier alpha value is -1.82. The molecule has 0 bridgehead atoms. The molecule has 1 aliphatic rings. The second kappa shape index (κ2) is 9.04. The molecule has 1 heterocycles. The topological polar surface area (TPSA) is 59.8 Å². The molecule has 0 radical (unpaired) electrons. The Morgan fingerprint density at radius 1 is 1.20 bits per heavy atom. The number of aryl methyl sites for hydroxylation is 1. The summed E-state index contributed by atoms with van der Waals surface area (Å²) in [6.45, 7) is 2.67. The Bertz CT molecular complexity index is 680. The first-order valence-electron chi connectivity index (χ1n) is 9.09. The van der Waals surface area contributed by atoms with Crippen LogP contribution in [0, 0.1) is 6.92 Å². The molecular formula is C19H26N4OS. The van der Waals surface area contributed by atoms with Crippen LogP contribution in [-0.2, 0) is 11.2 Å². The molecule has 6 heteroatoms. The van der Waals surface area contributed by atoms with E-state index in [1.165, 1.54) is 49.4 Å². The lowest BCUT2D eigenvalue weighted by atomic mass is 9.95. The van der Waals surface area contributed by atoms with Gasteiger partial charge in [-0.25, -0.2) is 0 Å². The molecule has 5 nitrogen and oxygen atoms in total. The Kier molecular flexibility index (Phi) is 6.50. The fourth-order valence-corrected chi connectivity index (χ4v) is 4.26. The number of thioether (sulfide) groups is 1. The summed E-state index contributed by atoms with van der Waals surface area (Å²) in [7, 11) is 0. The number of nitrogens with one attached hydrogen (secondary N) is 1. The summed E-state index contributed by atoms with van der Waals surface area (Å²) in [5.41, 5.74) is 1.24. The van der Waals surface area contributed by atoms with Crippen molar-refractivity contribution in [2.24, 2.45) is 0 Å². The molecule has 25 heavy (non-hydrogen) atoms. The number of hydrogen-bond donors (Lipinski definition) is 1. The third-order valence-corrected chi connectivity index (χ3v) is 5.63. The van der Waals surface area contributed by atoms with Crippen LogP contribution in [0.3, 0.4) is 0 Å². The summed E-state index contributed by atoms with van der Waals surface area (Å²) in [6.07, 6.45) is 7.10. The van der Waals surface area contributed by atoms with Crippen LogP contribution in [-0.4, -0.2) is 33.0 Å². The van der Waals surface area contributed by atoms with Crippen LogP contribution < -0.4 is 5.32 Å². The zero-order chi connectivity index (χ0) is 17.5. The van der Waals surface area contributed by atoms with Gasteiger partial charge in [-0.15, -0.1) is 10.2 Å². The van der Waals surface area contributed by atoms with E-state index in [0.29, 0.717) is 18.3 Å². The minimum atomic E-state index is 0.0526. The fraction of sp³-hybridized carbons (Fsp3) is 0.526. The molecule has 0 atom stereocenters. The molecule has 2 aromatic rings. The van der Waals surface area contributed by atoms with Gasteiger partial charge in [0.1, 0.15) is 5.82 Å². The first-order valence-corrected chi connectivity index (χ1v) is 10.1. The van der Waals surface area contributed by atoms with E-state index in [-0.39, 0.29) is 5.91 Å². The average molecular weight is 359 g/mol. The van der Waals surface area contributed by atoms with Gasteiger partial charge in [0.2, 0.25) is 5.91 Å². The van der Waals surface area contributed by atoms with Gasteiger partial charge >= 0.3 is 0 Å². The summed E-state index contributed by atoms with van der Waals surface area (Å²) in [4.78, 5) is 12.1. The fourth-order valence-electron chi connectivity index (χ4n) is 3.38. The molecule has 1 aromatic carbocycles. The van der Waals surface area contributed by atoms with Crippen molar-refractivity contribution in [2.75, 3.05) is 12.3 Å². The molecule has 0 unspecified atom stereocenters. The van der Waals surface area contributed by atoms with Crippen LogP contribution in [0.4, 0.5) is 0 Å². The van der Waals surface area contributed by atoms with Crippen LogP contribution in [0.1, 0.15) is 49.5 Å². The van der Waals surface area contributed by atoms with Gasteiger partial charge in [0, 0.05) is 12.6 Å². The molecule has 0 spiro atoms. The number of aromatic nitrogens is 3. The molecule has 1 amide bonds. The summed E-state index contributed by atoms with van der Waals surface area (Å²) < 4.78 is 2.24. The van der Waals surface area contributed by atoms with E-state index in [0.717, 1.165) is 17.4 Å². The van der Waals surface area contributed by atoms with Gasteiger partial charge in [-0.1, -0.05) is 61.4 Å². The maximum atomic E-state index is 12.1. The summed E-state index contributed by atoms with van der Waals surface area (Å²) >= 11 is 1.49. The van der Waals surface area contributed by atoms with Crippen molar-refractivity contribution >= 4 is 17.7 Å². The molecule has 134 valence electrons. The minimum absolute atomic E-state index is 0.0526. The number of benzene rings is 1. The van der Waals surface area contributed by atoms with Crippen LogP contribution in [0.25, 0.3) is 0 Å². The third-order valence-electron chi connectivity index (χ3n) is 4.69. The van der Waals surface area contributed by atoms with Crippen LogP contribution in [0.15, 0.2) is 35.5 Å². The van der Waals surface area contributed by atoms with E-state index in [4.69, 9.17) is 0 Å². The highest BCUT2D eigenvalue weighted by atomic mass is 32.2. The van der Waals surface area contributed by atoms with E-state index in [1.54, 1.807) is 0 Å². The second-order valence-electron chi connectivity index (χ2n) is 6.57. The van der Waals surface area contributed by atoms with Crippen LogP contribution in [0.5, 0.6) is 0 Å². The van der Waals surface area contributed by atoms with Gasteiger partial charge in [0.15, 0.2) is 5.16 Å². The van der Waals surface area contributed by atoms with E-state index in [2.05, 4.69) is 32.2 Å². The van der Waals surface area contributed by atoms with Crippen molar-refractivity contribution in [1.29, 1.82) is 0 Å². The maximum absolute atomic E-state index is 12.1. The number of rotatable bonds is 7. The van der Waals surface area contributed by atoms with Crippen molar-refractivity contribution in [2.45, 2.75) is 56.6 Å². The zero-order valence-electron chi connectivity index (χ0n) is 14.8. The third kappa shape index (κ3) is 5.08. The van der Waals surface area contributed by atoms with Crippen molar-refractivity contribution in [1.82, 2.24) is 20.1 Å². The van der Waals surface area contributed by atoms with Gasteiger partial charge in [0.25, 0.3) is 0 Å². The van der Waals surface area contributed by atoms with Crippen molar-refractivity contribution in [3.63, 3.8) is 0 Å². The maximum Gasteiger partial charge on any atom is 0.230 e. The van der Waals surface area contributed by atoms with Gasteiger partial charge < -0.3 is 9.88 Å². The highest BCUT2D eigenvalue weighted by Crippen LogP contribution is 2.32. The Labute approximate surface area is 153 Å². The Morgan fingerprint density at radius 3 is 2.72 bits per heavy atom. The molecule has 1 fully saturated rings. The van der Waals surface area contributed by atoms with E-state index in [1.807, 2.05) is 25.1 Å². The zero-order valence-corrected chi connectivity index (χ0v) is 15.6. The lowest BCUT2D eigenvalue weighted by molar-refractivity contribution is -0.118. The standard InChI is InChI=1S/C19H26N4OS/c1-15-21-22-19(23(15)17-10-6-3-7-11-17)25-14-18(24)20-13-12-16-8-4-2-5-9-16/h2,4-5,8-9,17H,3,6-7,10-14H2,1H3,(H,20,24). The van der Waals surface area contributed by atoms with Gasteiger partial charge in [0.05, 0.1) is 5.75 Å². The predicted octanol–water partition coefficient (Wildman–Crippen LogP) is 3.54. The lowest BCUT2D eigenvalue weighted by Crippen LogP contribution is -2.27. The Morgan fingerprint density at radius 2 is 1.96 bits per heavy atom.